The summed E-state index contributed by atoms with van der Waals surface area (Å²) in [7, 11) is -3.77. The molecule has 4 rings (SSSR count). The summed E-state index contributed by atoms with van der Waals surface area (Å²) >= 11 is 0. The van der Waals surface area contributed by atoms with Gasteiger partial charge in [-0.05, 0) is 24.1 Å². The molecule has 0 saturated heterocycles. The number of para-hydroxylation sites is 1. The van der Waals surface area contributed by atoms with Crippen molar-refractivity contribution in [3.8, 4) is 0 Å². The molecule has 26 heavy (non-hydrogen) atoms. The number of hydrogen-bond donors (Lipinski definition) is 1. The molecule has 3 heterocycles. The fraction of sp³-hybridized carbons (Fsp3) is 0.176. The fourth-order valence-corrected chi connectivity index (χ4v) is 4.59. The summed E-state index contributed by atoms with van der Waals surface area (Å²) in [4.78, 5) is 23.7. The van der Waals surface area contributed by atoms with Crippen LogP contribution in [0.1, 0.15) is 21.9 Å². The third kappa shape index (κ3) is 2.71. The summed E-state index contributed by atoms with van der Waals surface area (Å²) in [6.45, 7) is 0.363. The van der Waals surface area contributed by atoms with E-state index in [4.69, 9.17) is 5.73 Å². The number of aromatic nitrogens is 3. The summed E-state index contributed by atoms with van der Waals surface area (Å²) in [5.41, 5.74) is 6.96. The molecule has 0 fully saturated rings. The topological polar surface area (TPSA) is 119 Å². The fourth-order valence-electron chi connectivity index (χ4n) is 3.03. The van der Waals surface area contributed by atoms with Crippen molar-refractivity contribution in [3.63, 3.8) is 0 Å². The van der Waals surface area contributed by atoms with Gasteiger partial charge in [0.1, 0.15) is 4.90 Å². The van der Waals surface area contributed by atoms with Crippen LogP contribution in [0.4, 0.5) is 0 Å². The third-order valence-electron chi connectivity index (χ3n) is 4.34. The molecule has 0 saturated carbocycles. The van der Waals surface area contributed by atoms with Gasteiger partial charge in [0, 0.05) is 24.3 Å². The Hall–Kier alpha value is -2.91. The summed E-state index contributed by atoms with van der Waals surface area (Å²) in [5, 5.41) is 0.754. The molecule has 0 radical (unpaired) electrons. The lowest BCUT2D eigenvalue weighted by molar-refractivity contribution is 0.0990. The zero-order chi connectivity index (χ0) is 18.3. The van der Waals surface area contributed by atoms with Crippen molar-refractivity contribution >= 4 is 26.8 Å². The van der Waals surface area contributed by atoms with Crippen LogP contribution in [-0.2, 0) is 23.0 Å². The molecule has 132 valence electrons. The van der Waals surface area contributed by atoms with Gasteiger partial charge in [-0.3, -0.25) is 9.78 Å². The maximum atomic E-state index is 13.2. The van der Waals surface area contributed by atoms with Gasteiger partial charge < -0.3 is 5.73 Å². The van der Waals surface area contributed by atoms with E-state index in [-0.39, 0.29) is 17.3 Å². The number of carbonyl (C=O) groups excluding carboxylic acids is 1. The number of nitrogens with two attached hydrogens (primary N) is 1. The second kappa shape index (κ2) is 6.11. The molecular formula is C17H15N5O3S. The molecule has 3 aromatic rings. The zero-order valence-corrected chi connectivity index (χ0v) is 14.5. The lowest BCUT2D eigenvalue weighted by Crippen LogP contribution is -2.37. The maximum Gasteiger partial charge on any atom is 0.286 e. The van der Waals surface area contributed by atoms with Gasteiger partial charge in [0.05, 0.1) is 17.8 Å². The van der Waals surface area contributed by atoms with Crippen molar-refractivity contribution in [3.05, 3.63) is 59.8 Å². The van der Waals surface area contributed by atoms with E-state index in [1.807, 2.05) is 12.1 Å². The van der Waals surface area contributed by atoms with Crippen LogP contribution < -0.4 is 5.73 Å². The minimum absolute atomic E-state index is 0.0592. The second-order valence-electron chi connectivity index (χ2n) is 5.95. The molecule has 9 heteroatoms. The number of hydrogen-bond acceptors (Lipinski definition) is 6. The van der Waals surface area contributed by atoms with Crippen LogP contribution in [0.15, 0.2) is 47.6 Å². The van der Waals surface area contributed by atoms with Gasteiger partial charge in [-0.1, -0.05) is 18.2 Å². The molecule has 0 aliphatic carbocycles. The first-order valence-corrected chi connectivity index (χ1v) is 9.39. The summed E-state index contributed by atoms with van der Waals surface area (Å²) < 4.78 is 27.7. The minimum Gasteiger partial charge on any atom is -0.363 e. The van der Waals surface area contributed by atoms with Crippen molar-refractivity contribution in [2.45, 2.75) is 17.9 Å². The van der Waals surface area contributed by atoms with Crippen LogP contribution in [0.5, 0.6) is 0 Å². The molecule has 1 aliphatic rings. The van der Waals surface area contributed by atoms with Crippen molar-refractivity contribution in [1.82, 2.24) is 19.3 Å². The predicted octanol–water partition coefficient (Wildman–Crippen LogP) is 0.871. The van der Waals surface area contributed by atoms with E-state index >= 15 is 0 Å². The highest BCUT2D eigenvalue weighted by molar-refractivity contribution is 7.89. The number of carbonyl (C=O) groups is 1. The molecule has 1 aliphatic heterocycles. The van der Waals surface area contributed by atoms with Crippen LogP contribution in [0, 0.1) is 0 Å². The Kier molecular flexibility index (Phi) is 3.89. The Balaban J connectivity index is 1.75. The molecule has 0 unspecified atom stereocenters. The monoisotopic (exact) mass is 369 g/mol. The smallest absolute Gasteiger partial charge is 0.286 e. The third-order valence-corrected chi connectivity index (χ3v) is 6.22. The number of benzene rings is 1. The lowest BCUT2D eigenvalue weighted by Gasteiger charge is -2.27. The lowest BCUT2D eigenvalue weighted by atomic mass is 10.1. The standard InChI is InChI=1S/C17H15N5O3S/c18-16(23)17-20-9-12-6-8-22(10-13(12)21-17)26(24,25)14-5-1-3-11-4-2-7-19-15(11)14/h1-5,7,9H,6,8,10H2,(H2,18,23). The first-order chi connectivity index (χ1) is 12.5. The number of sulfonamides is 1. The van der Waals surface area contributed by atoms with Gasteiger partial charge in [-0.25, -0.2) is 18.4 Å². The van der Waals surface area contributed by atoms with E-state index in [0.717, 1.165) is 10.9 Å². The Morgan fingerprint density at radius 3 is 2.77 bits per heavy atom. The number of pyridine rings is 1. The summed E-state index contributed by atoms with van der Waals surface area (Å²) in [6.07, 6.45) is 3.57. The molecule has 0 atom stereocenters. The van der Waals surface area contributed by atoms with Crippen LogP contribution in [0.2, 0.25) is 0 Å². The van der Waals surface area contributed by atoms with E-state index in [2.05, 4.69) is 15.0 Å². The number of amides is 1. The van der Waals surface area contributed by atoms with Gasteiger partial charge in [-0.2, -0.15) is 4.31 Å². The number of nitrogens with zero attached hydrogens (tertiary/aromatic N) is 4. The highest BCUT2D eigenvalue weighted by Crippen LogP contribution is 2.27. The molecule has 1 aromatic carbocycles. The molecule has 8 nitrogen and oxygen atoms in total. The van der Waals surface area contributed by atoms with E-state index in [0.29, 0.717) is 24.2 Å². The highest BCUT2D eigenvalue weighted by atomic mass is 32.2. The van der Waals surface area contributed by atoms with Crippen LogP contribution in [0.3, 0.4) is 0 Å². The molecule has 1 amide bonds. The Morgan fingerprint density at radius 2 is 1.96 bits per heavy atom. The van der Waals surface area contributed by atoms with Gasteiger partial charge in [0.25, 0.3) is 5.91 Å². The Bertz CT molecular complexity index is 1120. The normalized spacial score (nSPS) is 14.9. The Morgan fingerprint density at radius 1 is 1.15 bits per heavy atom. The zero-order valence-electron chi connectivity index (χ0n) is 13.7. The summed E-state index contributed by atoms with van der Waals surface area (Å²) in [6, 6.07) is 8.65. The Labute approximate surface area is 149 Å². The van der Waals surface area contributed by atoms with Crippen LogP contribution >= 0.6 is 0 Å². The van der Waals surface area contributed by atoms with Crippen molar-refractivity contribution in [2.75, 3.05) is 6.54 Å². The second-order valence-corrected chi connectivity index (χ2v) is 7.86. The van der Waals surface area contributed by atoms with Crippen molar-refractivity contribution in [1.29, 1.82) is 0 Å². The molecular weight excluding hydrogens is 354 g/mol. The SMILES string of the molecule is NC(=O)c1ncc2c(n1)CN(S(=O)(=O)c1cccc3cccnc13)CC2. The van der Waals surface area contributed by atoms with Crippen molar-refractivity contribution < 1.29 is 13.2 Å². The van der Waals surface area contributed by atoms with Gasteiger partial charge >= 0.3 is 0 Å². The van der Waals surface area contributed by atoms with Crippen LogP contribution in [0.25, 0.3) is 10.9 Å². The van der Waals surface area contributed by atoms with Crippen LogP contribution in [-0.4, -0.2) is 40.1 Å². The van der Waals surface area contributed by atoms with Crippen molar-refractivity contribution in [2.24, 2.45) is 5.73 Å². The minimum atomic E-state index is -3.77. The van der Waals surface area contributed by atoms with Gasteiger partial charge in [-0.15, -0.1) is 0 Å². The first kappa shape index (κ1) is 16.6. The molecule has 2 aromatic heterocycles. The number of primary amides is 1. The quantitative estimate of drug-likeness (QED) is 0.732. The van der Waals surface area contributed by atoms with Gasteiger partial charge in [0.15, 0.2) is 0 Å². The molecule has 0 spiro atoms. The summed E-state index contributed by atoms with van der Waals surface area (Å²) in [5.74, 6) is -0.860. The van der Waals surface area contributed by atoms with Gasteiger partial charge in [0.2, 0.25) is 15.8 Å². The average Bonchev–Trinajstić information content (AvgIpc) is 2.66. The number of rotatable bonds is 3. The maximum absolute atomic E-state index is 13.2. The molecule has 2 N–H and O–H groups in total. The van der Waals surface area contributed by atoms with E-state index in [1.54, 1.807) is 24.4 Å². The first-order valence-electron chi connectivity index (χ1n) is 7.95. The van der Waals surface area contributed by atoms with E-state index in [1.165, 1.54) is 10.5 Å². The highest BCUT2D eigenvalue weighted by Gasteiger charge is 2.31. The number of fused-ring (bicyclic) bond motifs is 2. The predicted molar refractivity (Wildman–Crippen MR) is 93.6 cm³/mol. The largest absolute Gasteiger partial charge is 0.363 e. The van der Waals surface area contributed by atoms with E-state index in [9.17, 15) is 13.2 Å². The van der Waals surface area contributed by atoms with E-state index < -0.39 is 15.9 Å². The molecule has 0 bridgehead atoms. The average molecular weight is 369 g/mol.